The first kappa shape index (κ1) is 12.2. The number of hydrogen-bond acceptors (Lipinski definition) is 2. The lowest BCUT2D eigenvalue weighted by Crippen LogP contribution is -1.98. The van der Waals surface area contributed by atoms with Crippen molar-refractivity contribution in [1.29, 1.82) is 0 Å². The Bertz CT molecular complexity index is 314. The molecule has 0 bridgehead atoms. The van der Waals surface area contributed by atoms with Gasteiger partial charge in [0.2, 0.25) is 0 Å². The minimum Gasteiger partial charge on any atom is -0.290 e. The van der Waals surface area contributed by atoms with Gasteiger partial charge < -0.3 is 0 Å². The molecule has 0 amide bonds. The summed E-state index contributed by atoms with van der Waals surface area (Å²) in [7, 11) is 0. The van der Waals surface area contributed by atoms with E-state index in [0.717, 1.165) is 25.1 Å². The zero-order valence-corrected chi connectivity index (χ0v) is 10.2. The Morgan fingerprint density at radius 3 is 3.00 bits per heavy atom. The third kappa shape index (κ3) is 5.57. The molecule has 0 aliphatic carbocycles. The average molecular weight is 222 g/mol. The molecule has 1 aliphatic heterocycles. The summed E-state index contributed by atoms with van der Waals surface area (Å²) in [6.07, 6.45) is 10.4. The molecule has 0 aromatic heterocycles. The molecule has 0 radical (unpaired) electrons. The van der Waals surface area contributed by atoms with Crippen LogP contribution in [0.25, 0.3) is 0 Å². The average Bonchev–Trinajstić information content (AvgIpc) is 2.15. The fraction of sp³-hybridized carbons (Fsp3) is 0.500. The summed E-state index contributed by atoms with van der Waals surface area (Å²) in [5, 5.41) is 0.681. The zero-order valence-electron chi connectivity index (χ0n) is 9.35. The fourth-order valence-electron chi connectivity index (χ4n) is 1.33. The van der Waals surface area contributed by atoms with Crippen molar-refractivity contribution in [2.24, 2.45) is 15.9 Å². The molecule has 2 nitrogen and oxygen atoms in total. The fourth-order valence-corrected chi connectivity index (χ4v) is 1.57. The molecule has 0 fully saturated rings. The van der Waals surface area contributed by atoms with Gasteiger partial charge >= 0.3 is 0 Å². The first-order valence-corrected chi connectivity index (χ1v) is 5.74. The van der Waals surface area contributed by atoms with E-state index in [0.29, 0.717) is 11.0 Å². The lowest BCUT2D eigenvalue weighted by Gasteiger charge is -2.02. The second-order valence-electron chi connectivity index (χ2n) is 3.79. The Morgan fingerprint density at radius 2 is 2.20 bits per heavy atom. The second-order valence-corrected chi connectivity index (χ2v) is 4.25. The van der Waals surface area contributed by atoms with E-state index in [4.69, 9.17) is 0 Å². The maximum Gasteiger partial charge on any atom is 0.111 e. The monoisotopic (exact) mass is 222 g/mol. The zero-order chi connectivity index (χ0) is 11.1. The maximum atomic E-state index is 4.30. The van der Waals surface area contributed by atoms with Crippen molar-refractivity contribution in [2.75, 3.05) is 6.54 Å². The van der Waals surface area contributed by atoms with Crippen LogP contribution in [0.1, 0.15) is 26.7 Å². The van der Waals surface area contributed by atoms with Crippen molar-refractivity contribution in [2.45, 2.75) is 26.7 Å². The molecule has 0 aromatic carbocycles. The van der Waals surface area contributed by atoms with Crippen LogP contribution in [0.5, 0.6) is 0 Å². The maximum absolute atomic E-state index is 4.30. The van der Waals surface area contributed by atoms with Crippen LogP contribution in [0.3, 0.4) is 0 Å². The van der Waals surface area contributed by atoms with Gasteiger partial charge in [0.1, 0.15) is 5.04 Å². The van der Waals surface area contributed by atoms with Gasteiger partial charge in [-0.3, -0.25) is 4.99 Å². The topological polar surface area (TPSA) is 24.7 Å². The standard InChI is InChI=1S/C12H18N2S/c1-10-6-4-3-5-7-11(2)14-12(15)9-13-8-10/h4,6-7,9-10H,3,5,8H2,1-2H3,(H,14,15)/b6-4-,11-7+,13-9+. The minimum atomic E-state index is 0.492. The van der Waals surface area contributed by atoms with E-state index < -0.39 is 0 Å². The Morgan fingerprint density at radius 1 is 1.40 bits per heavy atom. The van der Waals surface area contributed by atoms with Crippen LogP contribution in [0.4, 0.5) is 0 Å². The van der Waals surface area contributed by atoms with E-state index in [9.17, 15) is 0 Å². The molecule has 1 aliphatic rings. The van der Waals surface area contributed by atoms with Gasteiger partial charge in [-0.2, -0.15) is 0 Å². The number of nitrogens with zero attached hydrogens (tertiary/aromatic N) is 2. The summed E-state index contributed by atoms with van der Waals surface area (Å²) in [4.78, 5) is 8.59. The molecule has 3 heteroatoms. The van der Waals surface area contributed by atoms with Crippen molar-refractivity contribution in [1.82, 2.24) is 0 Å². The van der Waals surface area contributed by atoms with Crippen LogP contribution in [-0.2, 0) is 0 Å². The Labute approximate surface area is 97.3 Å². The Hall–Kier alpha value is -0.830. The quantitative estimate of drug-likeness (QED) is 0.480. The number of allylic oxidation sites excluding steroid dienone is 3. The van der Waals surface area contributed by atoms with Crippen molar-refractivity contribution >= 4 is 23.9 Å². The summed E-state index contributed by atoms with van der Waals surface area (Å²) < 4.78 is 0. The van der Waals surface area contributed by atoms with E-state index >= 15 is 0 Å². The van der Waals surface area contributed by atoms with Gasteiger partial charge in [0.05, 0.1) is 6.21 Å². The van der Waals surface area contributed by atoms with Gasteiger partial charge in [-0.1, -0.05) is 25.2 Å². The van der Waals surface area contributed by atoms with E-state index in [2.05, 4.69) is 47.8 Å². The normalized spacial score (nSPS) is 35.0. The van der Waals surface area contributed by atoms with Crippen molar-refractivity contribution in [3.8, 4) is 0 Å². The number of thiol groups is 1. The van der Waals surface area contributed by atoms with Gasteiger partial charge in [0.25, 0.3) is 0 Å². The van der Waals surface area contributed by atoms with E-state index in [1.54, 1.807) is 6.21 Å². The smallest absolute Gasteiger partial charge is 0.111 e. The SMILES string of the molecule is CC1=C\CC/C=C\C(C)C/N=C/C(S)=N\1. The number of aliphatic imine (C=N–C) groups is 2. The molecule has 82 valence electrons. The first-order valence-electron chi connectivity index (χ1n) is 5.29. The van der Waals surface area contributed by atoms with Crippen LogP contribution in [-0.4, -0.2) is 17.8 Å². The molecule has 0 saturated carbocycles. The largest absolute Gasteiger partial charge is 0.290 e. The van der Waals surface area contributed by atoms with Crippen LogP contribution < -0.4 is 0 Å². The van der Waals surface area contributed by atoms with Crippen LogP contribution in [0.15, 0.2) is 33.9 Å². The van der Waals surface area contributed by atoms with Gasteiger partial charge in [-0.25, -0.2) is 4.99 Å². The molecule has 0 aromatic rings. The predicted molar refractivity (Wildman–Crippen MR) is 71.1 cm³/mol. The van der Waals surface area contributed by atoms with E-state index in [-0.39, 0.29) is 0 Å². The van der Waals surface area contributed by atoms with Crippen molar-refractivity contribution in [3.63, 3.8) is 0 Å². The second kappa shape index (κ2) is 6.62. The van der Waals surface area contributed by atoms with Gasteiger partial charge in [-0.15, -0.1) is 12.6 Å². The van der Waals surface area contributed by atoms with Crippen molar-refractivity contribution in [3.05, 3.63) is 23.9 Å². The number of rotatable bonds is 0. The summed E-state index contributed by atoms with van der Waals surface area (Å²) >= 11 is 4.25. The first-order chi connectivity index (χ1) is 7.18. The highest BCUT2D eigenvalue weighted by Gasteiger charge is 1.95. The summed E-state index contributed by atoms with van der Waals surface area (Å²) in [6, 6.07) is 0. The van der Waals surface area contributed by atoms with Crippen molar-refractivity contribution < 1.29 is 0 Å². The Balaban J connectivity index is 2.74. The molecule has 0 N–H and O–H groups in total. The predicted octanol–water partition coefficient (Wildman–Crippen LogP) is 3.28. The highest BCUT2D eigenvalue weighted by molar-refractivity contribution is 7.99. The van der Waals surface area contributed by atoms with Crippen LogP contribution in [0, 0.1) is 5.92 Å². The molecule has 0 spiro atoms. The third-order valence-electron chi connectivity index (χ3n) is 2.13. The summed E-state index contributed by atoms with van der Waals surface area (Å²) in [6.45, 7) is 4.96. The molecule has 1 unspecified atom stereocenters. The highest BCUT2D eigenvalue weighted by atomic mass is 32.1. The van der Waals surface area contributed by atoms with Gasteiger partial charge in [0.15, 0.2) is 0 Å². The Kier molecular flexibility index (Phi) is 5.40. The lowest BCUT2D eigenvalue weighted by atomic mass is 10.1. The molecule has 1 rings (SSSR count). The van der Waals surface area contributed by atoms with E-state index in [1.165, 1.54) is 0 Å². The van der Waals surface area contributed by atoms with Gasteiger partial charge in [0, 0.05) is 12.2 Å². The molecular formula is C12H18N2S. The molecule has 1 atom stereocenters. The lowest BCUT2D eigenvalue weighted by molar-refractivity contribution is 0.739. The molecule has 15 heavy (non-hydrogen) atoms. The van der Waals surface area contributed by atoms with Gasteiger partial charge in [-0.05, 0) is 25.7 Å². The van der Waals surface area contributed by atoms with E-state index in [1.807, 2.05) is 6.92 Å². The van der Waals surface area contributed by atoms with Crippen LogP contribution in [0.2, 0.25) is 0 Å². The summed E-state index contributed by atoms with van der Waals surface area (Å²) in [5.41, 5.74) is 1.01. The summed E-state index contributed by atoms with van der Waals surface area (Å²) in [5.74, 6) is 0.492. The third-order valence-corrected chi connectivity index (χ3v) is 2.34. The minimum absolute atomic E-state index is 0.492. The number of hydrogen-bond donors (Lipinski definition) is 1. The molecule has 0 saturated heterocycles. The molecular weight excluding hydrogens is 204 g/mol. The highest BCUT2D eigenvalue weighted by Crippen LogP contribution is 2.06. The van der Waals surface area contributed by atoms with Crippen LogP contribution >= 0.6 is 12.6 Å². The molecule has 1 heterocycles.